The number of nitrogens with one attached hydrogen (secondary N) is 1. The molecule has 26 heavy (non-hydrogen) atoms. The van der Waals surface area contributed by atoms with E-state index in [1.54, 1.807) is 25.1 Å². The zero-order valence-electron chi connectivity index (χ0n) is 13.9. The van der Waals surface area contributed by atoms with Crippen molar-refractivity contribution < 1.29 is 9.18 Å². The smallest absolute Gasteiger partial charge is 0.274 e. The number of aromatic nitrogens is 5. The molecule has 0 spiro atoms. The minimum Gasteiger partial charge on any atom is -0.274 e. The molecule has 0 fully saturated rings. The van der Waals surface area contributed by atoms with Gasteiger partial charge in [0.05, 0.1) is 11.3 Å². The van der Waals surface area contributed by atoms with E-state index in [-0.39, 0.29) is 17.2 Å². The van der Waals surface area contributed by atoms with Crippen molar-refractivity contribution >= 4 is 22.6 Å². The highest BCUT2D eigenvalue weighted by atomic mass is 19.1. The molecule has 3 heterocycles. The monoisotopic (exact) mass is 352 g/mol. The summed E-state index contributed by atoms with van der Waals surface area (Å²) in [4.78, 5) is 23.7. The van der Waals surface area contributed by atoms with E-state index in [1.165, 1.54) is 29.8 Å². The molecule has 0 aliphatic heterocycles. The number of hydrogen-bond donors (Lipinski definition) is 1. The van der Waals surface area contributed by atoms with Crippen LogP contribution in [0.25, 0.3) is 27.8 Å². The van der Waals surface area contributed by atoms with Crippen molar-refractivity contribution in [3.63, 3.8) is 0 Å². The van der Waals surface area contributed by atoms with Crippen LogP contribution in [0.2, 0.25) is 0 Å². The molecule has 1 N–H and O–H groups in total. The van der Waals surface area contributed by atoms with Gasteiger partial charge in [0.25, 0.3) is 5.56 Å². The molecule has 4 aromatic rings. The predicted octanol–water partition coefficient (Wildman–Crippen LogP) is 1.64. The van der Waals surface area contributed by atoms with Crippen LogP contribution in [-0.4, -0.2) is 30.4 Å². The summed E-state index contributed by atoms with van der Waals surface area (Å²) in [5.74, 6) is -0.716. The highest BCUT2D eigenvalue weighted by Crippen LogP contribution is 2.28. The number of benzene rings is 1. The van der Waals surface area contributed by atoms with Crippen LogP contribution >= 0.6 is 0 Å². The largest absolute Gasteiger partial charge is 0.299 e. The summed E-state index contributed by atoms with van der Waals surface area (Å²) >= 11 is 0. The van der Waals surface area contributed by atoms with Crippen LogP contribution < -0.4 is 11.0 Å². The second-order valence-electron chi connectivity index (χ2n) is 5.80. The Morgan fingerprint density at radius 1 is 1.15 bits per heavy atom. The molecule has 0 unspecified atom stereocenters. The summed E-state index contributed by atoms with van der Waals surface area (Å²) in [7, 11) is 0. The molecule has 0 atom stereocenters. The Morgan fingerprint density at radius 2 is 1.88 bits per heavy atom. The first kappa shape index (κ1) is 15.9. The van der Waals surface area contributed by atoms with Gasteiger partial charge in [-0.3, -0.25) is 15.0 Å². The average Bonchev–Trinajstić information content (AvgIpc) is 2.94. The van der Waals surface area contributed by atoms with Gasteiger partial charge in [-0.15, -0.1) is 10.2 Å². The number of nitrogens with zero attached hydrogens (tertiary/aromatic N) is 5. The fourth-order valence-corrected chi connectivity index (χ4v) is 2.87. The molecule has 0 radical (unpaired) electrons. The lowest BCUT2D eigenvalue weighted by Gasteiger charge is -2.07. The van der Waals surface area contributed by atoms with Crippen LogP contribution in [0.1, 0.15) is 12.6 Å². The molecule has 4 rings (SSSR count). The van der Waals surface area contributed by atoms with Gasteiger partial charge < -0.3 is 0 Å². The van der Waals surface area contributed by atoms with Crippen LogP contribution in [0.4, 0.5) is 4.39 Å². The van der Waals surface area contributed by atoms with Gasteiger partial charge in [0.1, 0.15) is 11.3 Å². The standard InChI is InChI=1S/C17H13FN6O2/c1-9-14(11-3-5-12(18)6-4-11)16-20-19-15-13(24(16)21-9)7-8-23(17(15)26)22-10(2)25/h3-8H,1-2H3,(H,22,25). The summed E-state index contributed by atoms with van der Waals surface area (Å²) in [6.45, 7) is 3.11. The van der Waals surface area contributed by atoms with Crippen molar-refractivity contribution in [3.8, 4) is 11.1 Å². The zero-order chi connectivity index (χ0) is 18.4. The highest BCUT2D eigenvalue weighted by molar-refractivity contribution is 5.85. The van der Waals surface area contributed by atoms with Crippen molar-refractivity contribution in [2.45, 2.75) is 13.8 Å². The molecule has 0 saturated carbocycles. The summed E-state index contributed by atoms with van der Waals surface area (Å²) in [5.41, 5.74) is 5.00. The van der Waals surface area contributed by atoms with E-state index in [4.69, 9.17) is 0 Å². The number of fused-ring (bicyclic) bond motifs is 3. The summed E-state index contributed by atoms with van der Waals surface area (Å²) in [5, 5.41) is 12.6. The fraction of sp³-hybridized carbons (Fsp3) is 0.118. The Balaban J connectivity index is 1.99. The first-order valence-electron chi connectivity index (χ1n) is 7.76. The van der Waals surface area contributed by atoms with Crippen molar-refractivity contribution in [3.05, 3.63) is 58.4 Å². The third-order valence-electron chi connectivity index (χ3n) is 3.97. The number of aryl methyl sites for hydroxylation is 1. The van der Waals surface area contributed by atoms with E-state index in [9.17, 15) is 14.0 Å². The van der Waals surface area contributed by atoms with E-state index < -0.39 is 5.56 Å². The maximum Gasteiger partial charge on any atom is 0.299 e. The molecule has 1 amide bonds. The number of carbonyl (C=O) groups is 1. The van der Waals surface area contributed by atoms with Crippen LogP contribution in [-0.2, 0) is 4.79 Å². The molecule has 0 bridgehead atoms. The third kappa shape index (κ3) is 2.41. The first-order chi connectivity index (χ1) is 12.5. The Bertz CT molecular complexity index is 1230. The van der Waals surface area contributed by atoms with Crippen molar-refractivity contribution in [2.75, 3.05) is 5.43 Å². The number of hydrogen-bond acceptors (Lipinski definition) is 5. The van der Waals surface area contributed by atoms with Gasteiger partial charge in [-0.05, 0) is 30.7 Å². The minimum atomic E-state index is -0.511. The van der Waals surface area contributed by atoms with Gasteiger partial charge in [0.2, 0.25) is 5.91 Å². The SMILES string of the molecule is CC(=O)Nn1ccc2c(nnc3c(-c4ccc(F)cc4)c(C)nn32)c1=O. The molecule has 0 aliphatic carbocycles. The predicted molar refractivity (Wildman–Crippen MR) is 92.7 cm³/mol. The molecule has 3 aromatic heterocycles. The van der Waals surface area contributed by atoms with Gasteiger partial charge in [0, 0.05) is 13.1 Å². The first-order valence-corrected chi connectivity index (χ1v) is 7.76. The third-order valence-corrected chi connectivity index (χ3v) is 3.97. The number of amides is 1. The molecule has 0 aliphatic rings. The molecular formula is C17H13FN6O2. The van der Waals surface area contributed by atoms with Crippen LogP contribution in [0.3, 0.4) is 0 Å². The lowest BCUT2D eigenvalue weighted by atomic mass is 10.1. The van der Waals surface area contributed by atoms with E-state index in [1.807, 2.05) is 0 Å². The zero-order valence-corrected chi connectivity index (χ0v) is 13.9. The lowest BCUT2D eigenvalue weighted by molar-refractivity contribution is -0.115. The van der Waals surface area contributed by atoms with Gasteiger partial charge in [-0.25, -0.2) is 13.6 Å². The molecule has 1 aromatic carbocycles. The van der Waals surface area contributed by atoms with E-state index in [0.717, 1.165) is 10.2 Å². The molecule has 8 nitrogen and oxygen atoms in total. The minimum absolute atomic E-state index is 0.0712. The maximum absolute atomic E-state index is 13.2. The Kier molecular flexibility index (Phi) is 3.50. The molecule has 0 saturated heterocycles. The molecule has 130 valence electrons. The summed E-state index contributed by atoms with van der Waals surface area (Å²) in [6, 6.07) is 7.62. The van der Waals surface area contributed by atoms with E-state index >= 15 is 0 Å². The van der Waals surface area contributed by atoms with Gasteiger partial charge >= 0.3 is 0 Å². The topological polar surface area (TPSA) is 94.2 Å². The number of rotatable bonds is 2. The summed E-state index contributed by atoms with van der Waals surface area (Å²) in [6.07, 6.45) is 1.43. The van der Waals surface area contributed by atoms with E-state index in [0.29, 0.717) is 22.4 Å². The number of carbonyl (C=O) groups excluding carboxylic acids is 1. The second-order valence-corrected chi connectivity index (χ2v) is 5.80. The quantitative estimate of drug-likeness (QED) is 0.592. The fourth-order valence-electron chi connectivity index (χ4n) is 2.87. The van der Waals surface area contributed by atoms with Gasteiger partial charge in [0.15, 0.2) is 11.2 Å². The number of halogens is 1. The number of pyridine rings is 1. The van der Waals surface area contributed by atoms with Gasteiger partial charge in [-0.2, -0.15) is 5.10 Å². The Morgan fingerprint density at radius 3 is 2.58 bits per heavy atom. The van der Waals surface area contributed by atoms with Crippen molar-refractivity contribution in [1.82, 2.24) is 24.5 Å². The van der Waals surface area contributed by atoms with Crippen LogP contribution in [0, 0.1) is 12.7 Å². The maximum atomic E-state index is 13.2. The van der Waals surface area contributed by atoms with Crippen LogP contribution in [0.5, 0.6) is 0 Å². The van der Waals surface area contributed by atoms with Crippen molar-refractivity contribution in [2.24, 2.45) is 0 Å². The highest BCUT2D eigenvalue weighted by Gasteiger charge is 2.17. The lowest BCUT2D eigenvalue weighted by Crippen LogP contribution is -2.32. The van der Waals surface area contributed by atoms with Crippen molar-refractivity contribution in [1.29, 1.82) is 0 Å². The molecule has 9 heteroatoms. The van der Waals surface area contributed by atoms with E-state index in [2.05, 4.69) is 20.7 Å². The second kappa shape index (κ2) is 5.73. The van der Waals surface area contributed by atoms with Gasteiger partial charge in [-0.1, -0.05) is 12.1 Å². The normalized spacial score (nSPS) is 11.2. The Labute approximate surface area is 145 Å². The summed E-state index contributed by atoms with van der Waals surface area (Å²) < 4.78 is 15.8. The molecular weight excluding hydrogens is 339 g/mol. The Hall–Kier alpha value is -3.62. The van der Waals surface area contributed by atoms with Crippen LogP contribution in [0.15, 0.2) is 41.3 Å². The average molecular weight is 352 g/mol.